The molecule has 0 heterocycles. The van der Waals surface area contributed by atoms with Crippen LogP contribution in [0, 0.1) is 5.92 Å². The van der Waals surface area contributed by atoms with Gasteiger partial charge in [-0.05, 0) is 50.0 Å². The first-order valence-electron chi connectivity index (χ1n) is 7.61. The fourth-order valence-electron chi connectivity index (χ4n) is 2.57. The Kier molecular flexibility index (Phi) is 7.32. The Morgan fingerprint density at radius 3 is 2.65 bits per heavy atom. The lowest BCUT2D eigenvalue weighted by atomic mass is 9.90. The molecule has 0 fully saturated rings. The van der Waals surface area contributed by atoms with Crippen LogP contribution in [0.2, 0.25) is 0 Å². The van der Waals surface area contributed by atoms with Gasteiger partial charge in [-0.15, -0.1) is 0 Å². The Morgan fingerprint density at radius 1 is 1.12 bits per heavy atom. The highest BCUT2D eigenvalue weighted by Crippen LogP contribution is 2.27. The zero-order valence-electron chi connectivity index (χ0n) is 12.1. The minimum atomic E-state index is 0.866. The third kappa shape index (κ3) is 6.10. The lowest BCUT2D eigenvalue weighted by Gasteiger charge is -2.16. The second kappa shape index (κ2) is 8.55. The summed E-state index contributed by atoms with van der Waals surface area (Å²) in [6, 6.07) is 0. The van der Waals surface area contributed by atoms with Gasteiger partial charge in [-0.2, -0.15) is 0 Å². The molecule has 0 aliphatic heterocycles. The maximum Gasteiger partial charge on any atom is -0.0279 e. The summed E-state index contributed by atoms with van der Waals surface area (Å²) in [6.07, 6.45) is 16.9. The first-order valence-corrected chi connectivity index (χ1v) is 7.61. The smallest absolute Gasteiger partial charge is 0.0279 e. The summed E-state index contributed by atoms with van der Waals surface area (Å²) in [4.78, 5) is 0. The first-order chi connectivity index (χ1) is 8.24. The van der Waals surface area contributed by atoms with Gasteiger partial charge in [0.25, 0.3) is 0 Å². The van der Waals surface area contributed by atoms with Crippen molar-refractivity contribution in [3.8, 4) is 0 Å². The van der Waals surface area contributed by atoms with Gasteiger partial charge in [-0.25, -0.2) is 0 Å². The minimum absolute atomic E-state index is 0.866. The highest BCUT2D eigenvalue weighted by atomic mass is 14.1. The molecule has 0 bridgehead atoms. The molecule has 0 saturated heterocycles. The minimum Gasteiger partial charge on any atom is -0.0839 e. The largest absolute Gasteiger partial charge is 0.0839 e. The molecule has 0 heteroatoms. The Balaban J connectivity index is 2.35. The van der Waals surface area contributed by atoms with Gasteiger partial charge in [0, 0.05) is 0 Å². The molecule has 0 N–H and O–H groups in total. The summed E-state index contributed by atoms with van der Waals surface area (Å²) in [5.74, 6) is 0.866. The zero-order chi connectivity index (χ0) is 12.5. The highest BCUT2D eigenvalue weighted by Gasteiger charge is 2.07. The molecule has 17 heavy (non-hydrogen) atoms. The Labute approximate surface area is 108 Å². The maximum atomic E-state index is 2.41. The van der Waals surface area contributed by atoms with Crippen molar-refractivity contribution < 1.29 is 0 Å². The first kappa shape index (κ1) is 14.5. The average Bonchev–Trinajstić information content (AvgIpc) is 2.33. The molecule has 0 saturated carbocycles. The second-order valence-electron chi connectivity index (χ2n) is 5.81. The van der Waals surface area contributed by atoms with Crippen molar-refractivity contribution in [1.82, 2.24) is 0 Å². The summed E-state index contributed by atoms with van der Waals surface area (Å²) < 4.78 is 0. The van der Waals surface area contributed by atoms with Crippen LogP contribution in [0.15, 0.2) is 23.3 Å². The average molecular weight is 234 g/mol. The Morgan fingerprint density at radius 2 is 1.94 bits per heavy atom. The molecule has 0 spiro atoms. The van der Waals surface area contributed by atoms with E-state index in [1.807, 2.05) is 0 Å². The predicted octanol–water partition coefficient (Wildman–Crippen LogP) is 6.04. The van der Waals surface area contributed by atoms with Crippen LogP contribution in [0.5, 0.6) is 0 Å². The van der Waals surface area contributed by atoms with Crippen molar-refractivity contribution in [2.45, 2.75) is 78.6 Å². The summed E-state index contributed by atoms with van der Waals surface area (Å²) in [5.41, 5.74) is 3.44. The van der Waals surface area contributed by atoms with E-state index < -0.39 is 0 Å². The van der Waals surface area contributed by atoms with Crippen LogP contribution in [0.4, 0.5) is 0 Å². The second-order valence-corrected chi connectivity index (χ2v) is 5.81. The molecule has 0 aromatic carbocycles. The molecule has 1 aliphatic rings. The van der Waals surface area contributed by atoms with Crippen molar-refractivity contribution in [3.05, 3.63) is 23.3 Å². The van der Waals surface area contributed by atoms with E-state index in [4.69, 9.17) is 0 Å². The van der Waals surface area contributed by atoms with Gasteiger partial charge in [0.1, 0.15) is 0 Å². The third-order valence-electron chi connectivity index (χ3n) is 3.70. The molecule has 98 valence electrons. The van der Waals surface area contributed by atoms with Gasteiger partial charge in [0.05, 0.1) is 0 Å². The molecule has 0 atom stereocenters. The normalized spacial score (nSPS) is 16.0. The van der Waals surface area contributed by atoms with Crippen LogP contribution in [-0.2, 0) is 0 Å². The standard InChI is InChI=1S/C17H30/c1-4-5-11-16-13-8-9-14-17(16)12-7-6-10-15(2)3/h9,14-15H,4-8,10-13H2,1-3H3. The van der Waals surface area contributed by atoms with Crippen molar-refractivity contribution >= 4 is 0 Å². The lowest BCUT2D eigenvalue weighted by molar-refractivity contribution is 0.537. The summed E-state index contributed by atoms with van der Waals surface area (Å²) in [5, 5.41) is 0. The monoisotopic (exact) mass is 234 g/mol. The van der Waals surface area contributed by atoms with E-state index in [0.717, 1.165) is 5.92 Å². The number of unbranched alkanes of at least 4 members (excludes halogenated alkanes) is 2. The molecule has 0 radical (unpaired) electrons. The van der Waals surface area contributed by atoms with Crippen LogP contribution >= 0.6 is 0 Å². The fourth-order valence-corrected chi connectivity index (χ4v) is 2.57. The van der Waals surface area contributed by atoms with Crippen LogP contribution < -0.4 is 0 Å². The summed E-state index contributed by atoms with van der Waals surface area (Å²) >= 11 is 0. The number of hydrogen-bond acceptors (Lipinski definition) is 0. The topological polar surface area (TPSA) is 0 Å². The lowest BCUT2D eigenvalue weighted by Crippen LogP contribution is -1.97. The van der Waals surface area contributed by atoms with E-state index in [9.17, 15) is 0 Å². The van der Waals surface area contributed by atoms with Gasteiger partial charge in [0.15, 0.2) is 0 Å². The molecule has 1 rings (SSSR count). The van der Waals surface area contributed by atoms with E-state index in [-0.39, 0.29) is 0 Å². The molecule has 0 aromatic rings. The van der Waals surface area contributed by atoms with Gasteiger partial charge in [0.2, 0.25) is 0 Å². The van der Waals surface area contributed by atoms with Crippen LogP contribution in [0.25, 0.3) is 0 Å². The van der Waals surface area contributed by atoms with Crippen molar-refractivity contribution in [2.75, 3.05) is 0 Å². The van der Waals surface area contributed by atoms with Crippen LogP contribution in [0.1, 0.15) is 78.6 Å². The predicted molar refractivity (Wildman–Crippen MR) is 78.2 cm³/mol. The molecule has 0 nitrogen and oxygen atoms in total. The van der Waals surface area contributed by atoms with Crippen molar-refractivity contribution in [2.24, 2.45) is 5.92 Å². The molecule has 1 aliphatic carbocycles. The summed E-state index contributed by atoms with van der Waals surface area (Å²) in [6.45, 7) is 6.94. The van der Waals surface area contributed by atoms with Crippen molar-refractivity contribution in [1.29, 1.82) is 0 Å². The summed E-state index contributed by atoms with van der Waals surface area (Å²) in [7, 11) is 0. The van der Waals surface area contributed by atoms with Crippen molar-refractivity contribution in [3.63, 3.8) is 0 Å². The van der Waals surface area contributed by atoms with Gasteiger partial charge >= 0.3 is 0 Å². The number of allylic oxidation sites excluding steroid dienone is 4. The van der Waals surface area contributed by atoms with E-state index >= 15 is 0 Å². The molecular weight excluding hydrogens is 204 g/mol. The molecule has 0 aromatic heterocycles. The third-order valence-corrected chi connectivity index (χ3v) is 3.70. The fraction of sp³-hybridized carbons (Fsp3) is 0.765. The van der Waals surface area contributed by atoms with Gasteiger partial charge < -0.3 is 0 Å². The Bertz CT molecular complexity index is 255. The van der Waals surface area contributed by atoms with Crippen LogP contribution in [-0.4, -0.2) is 0 Å². The SMILES string of the molecule is CCCCC1=C(CCCCC(C)C)C=CCC1. The number of hydrogen-bond donors (Lipinski definition) is 0. The van der Waals surface area contributed by atoms with Gasteiger partial charge in [-0.3, -0.25) is 0 Å². The molecular formula is C17H30. The maximum absolute atomic E-state index is 2.41. The van der Waals surface area contributed by atoms with E-state index in [0.29, 0.717) is 0 Å². The van der Waals surface area contributed by atoms with E-state index in [1.165, 1.54) is 57.8 Å². The Hall–Kier alpha value is -0.520. The van der Waals surface area contributed by atoms with Crippen LogP contribution in [0.3, 0.4) is 0 Å². The molecule has 0 amide bonds. The highest BCUT2D eigenvalue weighted by molar-refractivity contribution is 5.29. The van der Waals surface area contributed by atoms with E-state index in [2.05, 4.69) is 32.9 Å². The molecule has 0 unspecified atom stereocenters. The zero-order valence-corrected chi connectivity index (χ0v) is 12.1. The van der Waals surface area contributed by atoms with E-state index in [1.54, 1.807) is 11.1 Å². The van der Waals surface area contributed by atoms with Gasteiger partial charge in [-0.1, -0.05) is 57.8 Å². The number of rotatable bonds is 8. The quantitative estimate of drug-likeness (QED) is 0.449.